The van der Waals surface area contributed by atoms with Gasteiger partial charge in [-0.3, -0.25) is 4.79 Å². The lowest BCUT2D eigenvalue weighted by Gasteiger charge is -2.62. The van der Waals surface area contributed by atoms with E-state index in [1.54, 1.807) is 0 Å². The number of hydrogen-bond acceptors (Lipinski definition) is 3. The molecule has 0 spiro atoms. The molecule has 4 fully saturated rings. The molecule has 5 rings (SSSR count). The molecule has 0 heterocycles. The summed E-state index contributed by atoms with van der Waals surface area (Å²) in [6, 6.07) is 0. The lowest BCUT2D eigenvalue weighted by molar-refractivity contribution is -0.176. The van der Waals surface area contributed by atoms with Crippen LogP contribution in [0.1, 0.15) is 85.0 Å². The number of fused-ring (bicyclic) bond motifs is 5. The molecular formula is C28H44O3. The Morgan fingerprint density at radius 2 is 1.77 bits per heavy atom. The molecule has 31 heavy (non-hydrogen) atoms. The minimum absolute atomic E-state index is 0.139. The van der Waals surface area contributed by atoms with Gasteiger partial charge in [-0.1, -0.05) is 32.9 Å². The third-order valence-corrected chi connectivity index (χ3v) is 11.3. The van der Waals surface area contributed by atoms with Crippen molar-refractivity contribution in [3.8, 4) is 0 Å². The van der Waals surface area contributed by atoms with Crippen LogP contribution in [-0.4, -0.2) is 30.2 Å². The number of methoxy groups -OCH3 is 1. The molecule has 5 aliphatic rings. The molecular weight excluding hydrogens is 384 g/mol. The molecule has 0 aromatic rings. The van der Waals surface area contributed by atoms with Crippen molar-refractivity contribution in [1.82, 2.24) is 0 Å². The predicted octanol–water partition coefficient (Wildman–Crippen LogP) is 5.80. The maximum atomic E-state index is 12.2. The minimum Gasteiger partial charge on any atom is -0.393 e. The smallest absolute Gasteiger partial charge is 0.143 e. The van der Waals surface area contributed by atoms with Gasteiger partial charge in [0.05, 0.1) is 18.1 Å². The van der Waals surface area contributed by atoms with Crippen LogP contribution in [0.3, 0.4) is 0 Å². The van der Waals surface area contributed by atoms with E-state index in [-0.39, 0.29) is 12.0 Å². The van der Waals surface area contributed by atoms with Gasteiger partial charge in [0.15, 0.2) is 0 Å². The first-order chi connectivity index (χ1) is 14.8. The Kier molecular flexibility index (Phi) is 5.70. The molecule has 3 nitrogen and oxygen atoms in total. The van der Waals surface area contributed by atoms with Crippen LogP contribution >= 0.6 is 0 Å². The highest BCUT2D eigenvalue weighted by atomic mass is 16.5. The molecule has 0 saturated heterocycles. The summed E-state index contributed by atoms with van der Waals surface area (Å²) < 4.78 is 5.73. The SMILES string of the molecule is COC1CCC2(C)C(C1)CC(O)C1C2CCC2(C)C(C(C)CCC(=O)C3C=C3)CCC12. The normalized spacial score (nSPS) is 49.8. The van der Waals surface area contributed by atoms with Crippen molar-refractivity contribution in [3.63, 3.8) is 0 Å². The van der Waals surface area contributed by atoms with Gasteiger partial charge in [0, 0.05) is 13.5 Å². The van der Waals surface area contributed by atoms with Crippen LogP contribution in [0.2, 0.25) is 0 Å². The van der Waals surface area contributed by atoms with E-state index in [2.05, 4.69) is 20.8 Å². The topological polar surface area (TPSA) is 46.5 Å². The number of ether oxygens (including phenoxy) is 1. The minimum atomic E-state index is -0.139. The van der Waals surface area contributed by atoms with Crippen LogP contribution < -0.4 is 0 Å². The van der Waals surface area contributed by atoms with Crippen LogP contribution in [0.15, 0.2) is 12.2 Å². The summed E-state index contributed by atoms with van der Waals surface area (Å²) in [6.45, 7) is 7.51. The first-order valence-electron chi connectivity index (χ1n) is 13.2. The molecule has 0 aromatic carbocycles. The highest BCUT2D eigenvalue weighted by Crippen LogP contribution is 2.68. The average Bonchev–Trinajstić information content (AvgIpc) is 3.54. The zero-order chi connectivity index (χ0) is 22.0. The number of hydrogen-bond donors (Lipinski definition) is 1. The van der Waals surface area contributed by atoms with E-state index in [9.17, 15) is 9.90 Å². The number of rotatable bonds is 6. The van der Waals surface area contributed by atoms with Gasteiger partial charge in [0.25, 0.3) is 0 Å². The first-order valence-corrected chi connectivity index (χ1v) is 13.2. The van der Waals surface area contributed by atoms with Crippen LogP contribution in [0.4, 0.5) is 0 Å². The zero-order valence-electron chi connectivity index (χ0n) is 20.2. The Hall–Kier alpha value is -0.670. The Morgan fingerprint density at radius 3 is 2.48 bits per heavy atom. The average molecular weight is 429 g/mol. The molecule has 1 N–H and O–H groups in total. The molecule has 0 bridgehead atoms. The Labute approximate surface area is 189 Å². The van der Waals surface area contributed by atoms with E-state index in [1.807, 2.05) is 19.3 Å². The lowest BCUT2D eigenvalue weighted by Crippen LogP contribution is -2.58. The lowest BCUT2D eigenvalue weighted by atomic mass is 9.43. The molecule has 0 amide bonds. The number of ketones is 1. The monoisotopic (exact) mass is 428 g/mol. The fourth-order valence-corrected chi connectivity index (χ4v) is 9.38. The van der Waals surface area contributed by atoms with Crippen molar-refractivity contribution < 1.29 is 14.6 Å². The highest BCUT2D eigenvalue weighted by Gasteiger charge is 2.62. The molecule has 10 unspecified atom stereocenters. The van der Waals surface area contributed by atoms with Gasteiger partial charge in [-0.25, -0.2) is 0 Å². The Morgan fingerprint density at radius 1 is 1.06 bits per heavy atom. The van der Waals surface area contributed by atoms with Crippen molar-refractivity contribution in [3.05, 3.63) is 12.2 Å². The second-order valence-corrected chi connectivity index (χ2v) is 12.5. The summed E-state index contributed by atoms with van der Waals surface area (Å²) in [5.41, 5.74) is 0.725. The zero-order valence-corrected chi connectivity index (χ0v) is 20.2. The number of carbonyl (C=O) groups excluding carboxylic acids is 1. The van der Waals surface area contributed by atoms with Gasteiger partial charge in [-0.05, 0) is 104 Å². The standard InChI is InChI=1S/C28H44O3/c1-17(5-10-24(29)18-6-7-18)21-8-9-22-26-23(12-14-28(21,22)3)27(2)13-11-20(31-4)15-19(27)16-25(26)30/h6-7,17-23,25-26,30H,5,8-16H2,1-4H3. The van der Waals surface area contributed by atoms with E-state index >= 15 is 0 Å². The van der Waals surface area contributed by atoms with E-state index in [0.717, 1.165) is 25.7 Å². The maximum absolute atomic E-state index is 12.2. The van der Waals surface area contributed by atoms with E-state index < -0.39 is 0 Å². The number of allylic oxidation sites excluding steroid dienone is 2. The van der Waals surface area contributed by atoms with Gasteiger partial charge in [0.2, 0.25) is 0 Å². The number of aliphatic hydroxyl groups is 1. The summed E-state index contributed by atoms with van der Waals surface area (Å²) in [7, 11) is 1.86. The molecule has 0 radical (unpaired) electrons. The molecule has 5 aliphatic carbocycles. The fraction of sp³-hybridized carbons (Fsp3) is 0.893. The highest BCUT2D eigenvalue weighted by molar-refractivity contribution is 5.87. The van der Waals surface area contributed by atoms with Crippen molar-refractivity contribution >= 4 is 5.78 Å². The van der Waals surface area contributed by atoms with Crippen molar-refractivity contribution in [2.45, 2.75) is 97.2 Å². The van der Waals surface area contributed by atoms with E-state index in [0.29, 0.717) is 58.2 Å². The number of aliphatic hydroxyl groups excluding tert-OH is 1. The predicted molar refractivity (Wildman–Crippen MR) is 123 cm³/mol. The first kappa shape index (κ1) is 22.1. The van der Waals surface area contributed by atoms with E-state index in [1.165, 1.54) is 38.5 Å². The fourth-order valence-electron chi connectivity index (χ4n) is 9.38. The molecule has 10 atom stereocenters. The van der Waals surface area contributed by atoms with Gasteiger partial charge in [0.1, 0.15) is 5.78 Å². The van der Waals surface area contributed by atoms with Gasteiger partial charge < -0.3 is 9.84 Å². The van der Waals surface area contributed by atoms with Crippen LogP contribution in [0.25, 0.3) is 0 Å². The number of Topliss-reactive ketones (excluding diaryl/α,β-unsaturated/α-hetero) is 1. The summed E-state index contributed by atoms with van der Waals surface area (Å²) in [5, 5.41) is 11.5. The third-order valence-electron chi connectivity index (χ3n) is 11.3. The van der Waals surface area contributed by atoms with Crippen LogP contribution in [0, 0.1) is 52.3 Å². The molecule has 3 heteroatoms. The maximum Gasteiger partial charge on any atom is 0.143 e. The van der Waals surface area contributed by atoms with Gasteiger partial charge in [-0.2, -0.15) is 0 Å². The summed E-state index contributed by atoms with van der Waals surface area (Å²) in [4.78, 5) is 12.2. The molecule has 4 saturated carbocycles. The third kappa shape index (κ3) is 3.57. The summed E-state index contributed by atoms with van der Waals surface area (Å²) in [5.74, 6) is 4.33. The Bertz CT molecular complexity index is 724. The second kappa shape index (κ2) is 7.97. The number of carbonyl (C=O) groups is 1. The summed E-state index contributed by atoms with van der Waals surface area (Å²) >= 11 is 0. The Balaban J connectivity index is 1.31. The molecule has 0 aliphatic heterocycles. The van der Waals surface area contributed by atoms with Crippen LogP contribution in [0.5, 0.6) is 0 Å². The van der Waals surface area contributed by atoms with Gasteiger partial charge >= 0.3 is 0 Å². The second-order valence-electron chi connectivity index (χ2n) is 12.5. The van der Waals surface area contributed by atoms with Crippen molar-refractivity contribution in [2.75, 3.05) is 7.11 Å². The molecule has 0 aromatic heterocycles. The van der Waals surface area contributed by atoms with Crippen molar-refractivity contribution in [2.24, 2.45) is 52.3 Å². The summed E-state index contributed by atoms with van der Waals surface area (Å²) in [6.07, 6.45) is 15.8. The quantitative estimate of drug-likeness (QED) is 0.544. The van der Waals surface area contributed by atoms with Crippen LogP contribution in [-0.2, 0) is 9.53 Å². The van der Waals surface area contributed by atoms with Crippen molar-refractivity contribution in [1.29, 1.82) is 0 Å². The molecule has 174 valence electrons. The van der Waals surface area contributed by atoms with E-state index in [4.69, 9.17) is 4.74 Å². The van der Waals surface area contributed by atoms with Gasteiger partial charge in [-0.15, -0.1) is 0 Å². The largest absolute Gasteiger partial charge is 0.393 e.